The summed E-state index contributed by atoms with van der Waals surface area (Å²) in [4.78, 5) is 13.0. The Morgan fingerprint density at radius 1 is 0.929 bits per heavy atom. The molecule has 0 spiro atoms. The number of rotatable bonds is 4. The number of ether oxygens (including phenoxy) is 1. The summed E-state index contributed by atoms with van der Waals surface area (Å²) < 4.78 is 32.8. The zero-order chi connectivity index (χ0) is 20.5. The lowest BCUT2D eigenvalue weighted by molar-refractivity contribution is -0.140. The average molecular weight is 402 g/mol. The lowest BCUT2D eigenvalue weighted by Gasteiger charge is -2.30. The molecule has 150 valence electrons. The van der Waals surface area contributed by atoms with Gasteiger partial charge in [-0.2, -0.15) is 4.31 Å². The Morgan fingerprint density at radius 3 is 2.11 bits per heavy atom. The molecule has 3 rings (SSSR count). The summed E-state index contributed by atoms with van der Waals surface area (Å²) in [5.41, 5.74) is 3.98. The normalized spacial score (nSPS) is 16.1. The van der Waals surface area contributed by atoms with Gasteiger partial charge in [-0.15, -0.1) is 0 Å². The molecule has 1 aliphatic rings. The number of aryl methyl sites for hydroxylation is 3. The van der Waals surface area contributed by atoms with Crippen LogP contribution in [0.4, 0.5) is 0 Å². The molecule has 0 amide bonds. The molecule has 2 aromatic carbocycles. The minimum Gasteiger partial charge on any atom is -0.426 e. The standard InChI is InChI=1S/C22H27NO4S/c1-15-5-9-20(10-6-15)28(25,26)23-13-11-19(12-14-23)22(24)27-21-17(3)8-7-16(2)18(21)4/h5-10,19H,11-14H2,1-4H3. The van der Waals surface area contributed by atoms with E-state index in [0.717, 1.165) is 22.3 Å². The van der Waals surface area contributed by atoms with Gasteiger partial charge in [-0.05, 0) is 69.4 Å². The van der Waals surface area contributed by atoms with Gasteiger partial charge in [0.1, 0.15) is 5.75 Å². The van der Waals surface area contributed by atoms with E-state index in [1.807, 2.05) is 39.8 Å². The number of piperidine rings is 1. The van der Waals surface area contributed by atoms with Gasteiger partial charge in [0.2, 0.25) is 10.0 Å². The Morgan fingerprint density at radius 2 is 1.50 bits per heavy atom. The highest BCUT2D eigenvalue weighted by Gasteiger charge is 2.33. The van der Waals surface area contributed by atoms with Crippen molar-refractivity contribution in [1.29, 1.82) is 0 Å². The molecular weight excluding hydrogens is 374 g/mol. The van der Waals surface area contributed by atoms with Crippen LogP contribution in [0, 0.1) is 33.6 Å². The number of esters is 1. The molecule has 2 aromatic rings. The second kappa shape index (κ2) is 8.05. The molecule has 0 N–H and O–H groups in total. The minimum absolute atomic E-state index is 0.274. The summed E-state index contributed by atoms with van der Waals surface area (Å²) >= 11 is 0. The first kappa shape index (κ1) is 20.6. The Bertz CT molecular complexity index is 972. The molecule has 0 bridgehead atoms. The molecule has 1 aliphatic heterocycles. The summed E-state index contributed by atoms with van der Waals surface area (Å²) in [6.07, 6.45) is 0.932. The fourth-order valence-electron chi connectivity index (χ4n) is 3.46. The second-order valence-corrected chi connectivity index (χ2v) is 9.50. The first-order valence-corrected chi connectivity index (χ1v) is 11.0. The summed E-state index contributed by atoms with van der Waals surface area (Å²) in [5.74, 6) is 0.0627. The van der Waals surface area contributed by atoms with Gasteiger partial charge in [0.25, 0.3) is 0 Å². The first-order chi connectivity index (χ1) is 13.2. The Kier molecular flexibility index (Phi) is 5.91. The maximum absolute atomic E-state index is 12.8. The van der Waals surface area contributed by atoms with Gasteiger partial charge < -0.3 is 4.74 Å². The Balaban J connectivity index is 1.66. The predicted molar refractivity (Wildman–Crippen MR) is 109 cm³/mol. The number of nitrogens with zero attached hydrogens (tertiary/aromatic N) is 1. The fraction of sp³-hybridized carbons (Fsp3) is 0.409. The van der Waals surface area contributed by atoms with Gasteiger partial charge >= 0.3 is 5.97 Å². The van der Waals surface area contributed by atoms with E-state index in [0.29, 0.717) is 36.6 Å². The lowest BCUT2D eigenvalue weighted by atomic mass is 9.98. The van der Waals surface area contributed by atoms with Crippen LogP contribution in [0.25, 0.3) is 0 Å². The highest BCUT2D eigenvalue weighted by Crippen LogP contribution is 2.29. The van der Waals surface area contributed by atoms with E-state index >= 15 is 0 Å². The number of benzene rings is 2. The largest absolute Gasteiger partial charge is 0.426 e. The molecule has 5 nitrogen and oxygen atoms in total. The third kappa shape index (κ3) is 4.13. The van der Waals surface area contributed by atoms with E-state index < -0.39 is 10.0 Å². The van der Waals surface area contributed by atoms with Crippen LogP contribution in [0.2, 0.25) is 0 Å². The monoisotopic (exact) mass is 401 g/mol. The van der Waals surface area contributed by atoms with Crippen molar-refractivity contribution in [2.45, 2.75) is 45.4 Å². The molecule has 1 fully saturated rings. The number of hydrogen-bond acceptors (Lipinski definition) is 4. The van der Waals surface area contributed by atoms with Crippen LogP contribution < -0.4 is 4.74 Å². The number of carbonyl (C=O) groups is 1. The van der Waals surface area contributed by atoms with E-state index in [1.165, 1.54) is 4.31 Å². The van der Waals surface area contributed by atoms with Gasteiger partial charge in [0, 0.05) is 13.1 Å². The van der Waals surface area contributed by atoms with Gasteiger partial charge in [0.15, 0.2) is 0 Å². The van der Waals surface area contributed by atoms with Crippen LogP contribution in [0.15, 0.2) is 41.3 Å². The second-order valence-electron chi connectivity index (χ2n) is 7.57. The highest BCUT2D eigenvalue weighted by molar-refractivity contribution is 7.89. The topological polar surface area (TPSA) is 63.7 Å². The van der Waals surface area contributed by atoms with E-state index in [9.17, 15) is 13.2 Å². The van der Waals surface area contributed by atoms with Crippen LogP contribution in [-0.2, 0) is 14.8 Å². The van der Waals surface area contributed by atoms with Crippen LogP contribution in [0.1, 0.15) is 35.1 Å². The molecular formula is C22H27NO4S. The van der Waals surface area contributed by atoms with Crippen molar-refractivity contribution >= 4 is 16.0 Å². The highest BCUT2D eigenvalue weighted by atomic mass is 32.2. The number of sulfonamides is 1. The summed E-state index contributed by atoms with van der Waals surface area (Å²) in [6.45, 7) is 8.42. The summed E-state index contributed by atoms with van der Waals surface area (Å²) in [6, 6.07) is 10.8. The van der Waals surface area contributed by atoms with Gasteiger partial charge in [-0.3, -0.25) is 4.79 Å². The molecule has 0 aliphatic carbocycles. The molecule has 0 radical (unpaired) electrons. The maximum atomic E-state index is 12.8. The van der Waals surface area contributed by atoms with Crippen molar-refractivity contribution in [3.63, 3.8) is 0 Å². The van der Waals surface area contributed by atoms with Crippen molar-refractivity contribution in [2.75, 3.05) is 13.1 Å². The molecule has 1 heterocycles. The maximum Gasteiger partial charge on any atom is 0.314 e. The molecule has 1 saturated heterocycles. The van der Waals surface area contributed by atoms with E-state index in [-0.39, 0.29) is 11.9 Å². The van der Waals surface area contributed by atoms with Gasteiger partial charge in [-0.1, -0.05) is 29.8 Å². The zero-order valence-corrected chi connectivity index (χ0v) is 17.7. The number of carbonyl (C=O) groups excluding carboxylic acids is 1. The Labute approximate surface area is 167 Å². The molecule has 0 aromatic heterocycles. The van der Waals surface area contributed by atoms with Crippen LogP contribution in [-0.4, -0.2) is 31.8 Å². The van der Waals surface area contributed by atoms with Crippen molar-refractivity contribution < 1.29 is 17.9 Å². The van der Waals surface area contributed by atoms with E-state index in [2.05, 4.69) is 0 Å². The predicted octanol–water partition coefficient (Wildman–Crippen LogP) is 3.93. The SMILES string of the molecule is Cc1ccc(S(=O)(=O)N2CCC(C(=O)Oc3c(C)ccc(C)c3C)CC2)cc1. The van der Waals surface area contributed by atoms with E-state index in [4.69, 9.17) is 4.74 Å². The van der Waals surface area contributed by atoms with Crippen molar-refractivity contribution in [3.05, 3.63) is 58.7 Å². The molecule has 6 heteroatoms. The van der Waals surface area contributed by atoms with Gasteiger partial charge in [-0.25, -0.2) is 8.42 Å². The number of hydrogen-bond donors (Lipinski definition) is 0. The third-order valence-electron chi connectivity index (χ3n) is 5.52. The summed E-state index contributed by atoms with van der Waals surface area (Å²) in [7, 11) is -3.52. The smallest absolute Gasteiger partial charge is 0.314 e. The molecule has 0 atom stereocenters. The molecule has 28 heavy (non-hydrogen) atoms. The van der Waals surface area contributed by atoms with Crippen molar-refractivity contribution in [2.24, 2.45) is 5.92 Å². The quantitative estimate of drug-likeness (QED) is 0.575. The van der Waals surface area contributed by atoms with E-state index in [1.54, 1.807) is 24.3 Å². The fourth-order valence-corrected chi connectivity index (χ4v) is 4.93. The van der Waals surface area contributed by atoms with Crippen molar-refractivity contribution in [1.82, 2.24) is 4.31 Å². The third-order valence-corrected chi connectivity index (χ3v) is 7.44. The minimum atomic E-state index is -3.52. The van der Waals surface area contributed by atoms with Crippen LogP contribution in [0.5, 0.6) is 5.75 Å². The van der Waals surface area contributed by atoms with Crippen LogP contribution >= 0.6 is 0 Å². The summed E-state index contributed by atoms with van der Waals surface area (Å²) in [5, 5.41) is 0. The first-order valence-electron chi connectivity index (χ1n) is 9.55. The van der Waals surface area contributed by atoms with Crippen LogP contribution in [0.3, 0.4) is 0 Å². The lowest BCUT2D eigenvalue weighted by Crippen LogP contribution is -2.41. The van der Waals surface area contributed by atoms with Gasteiger partial charge in [0.05, 0.1) is 10.8 Å². The molecule has 0 unspecified atom stereocenters. The zero-order valence-electron chi connectivity index (χ0n) is 16.9. The average Bonchev–Trinajstić information content (AvgIpc) is 2.68. The Hall–Kier alpha value is -2.18. The van der Waals surface area contributed by atoms with Crippen molar-refractivity contribution in [3.8, 4) is 5.75 Å². The molecule has 0 saturated carbocycles.